The molecule has 0 aromatic heterocycles. The predicted molar refractivity (Wildman–Crippen MR) is 72.8 cm³/mol. The molecule has 0 spiro atoms. The molecule has 0 saturated carbocycles. The highest BCUT2D eigenvalue weighted by Gasteiger charge is 2.29. The minimum atomic E-state index is -4.53. The summed E-state index contributed by atoms with van der Waals surface area (Å²) in [7, 11) is 1.09. The van der Waals surface area contributed by atoms with Crippen molar-refractivity contribution in [2.75, 3.05) is 19.0 Å². The zero-order valence-corrected chi connectivity index (χ0v) is 12.3. The molecule has 1 aromatic rings. The lowest BCUT2D eigenvalue weighted by Crippen LogP contribution is -2.21. The molecular weight excluding hydrogens is 303 g/mol. The molecule has 5 nitrogen and oxygen atoms in total. The number of anilines is 1. The summed E-state index contributed by atoms with van der Waals surface area (Å²) in [6.45, 7) is 1.82. The van der Waals surface area contributed by atoms with Crippen molar-refractivity contribution in [3.05, 3.63) is 23.8 Å². The standard InChI is InChI=1S/C14H16F3NO4/c1-8(2)12(19)18-9-4-5-11(22-7-14(15,16)17)10(6-9)13(20)21-3/h4-6,8H,7H2,1-3H3,(H,18,19). The van der Waals surface area contributed by atoms with Crippen molar-refractivity contribution in [3.63, 3.8) is 0 Å². The maximum Gasteiger partial charge on any atom is 0.422 e. The molecule has 22 heavy (non-hydrogen) atoms. The molecule has 0 aliphatic rings. The number of esters is 1. The molecular formula is C14H16F3NO4. The van der Waals surface area contributed by atoms with Gasteiger partial charge in [-0.3, -0.25) is 4.79 Å². The Morgan fingerprint density at radius 2 is 1.91 bits per heavy atom. The lowest BCUT2D eigenvalue weighted by molar-refractivity contribution is -0.153. The Morgan fingerprint density at radius 1 is 1.27 bits per heavy atom. The van der Waals surface area contributed by atoms with Crippen molar-refractivity contribution in [1.82, 2.24) is 0 Å². The van der Waals surface area contributed by atoms with Gasteiger partial charge in [-0.15, -0.1) is 0 Å². The first-order chi connectivity index (χ1) is 10.1. The van der Waals surface area contributed by atoms with Gasteiger partial charge in [-0.25, -0.2) is 4.79 Å². The number of ether oxygens (including phenoxy) is 2. The fourth-order valence-electron chi connectivity index (χ4n) is 1.45. The van der Waals surface area contributed by atoms with Crippen molar-refractivity contribution in [2.45, 2.75) is 20.0 Å². The topological polar surface area (TPSA) is 64.6 Å². The molecule has 8 heteroatoms. The van der Waals surface area contributed by atoms with Crippen LogP contribution in [0, 0.1) is 5.92 Å². The fourth-order valence-corrected chi connectivity index (χ4v) is 1.45. The van der Waals surface area contributed by atoms with E-state index < -0.39 is 18.8 Å². The molecule has 0 aliphatic carbocycles. The summed E-state index contributed by atoms with van der Waals surface area (Å²) in [6.07, 6.45) is -4.53. The van der Waals surface area contributed by atoms with Gasteiger partial charge in [0.2, 0.25) is 5.91 Å². The third-order valence-corrected chi connectivity index (χ3v) is 2.57. The average molecular weight is 319 g/mol. The number of rotatable bonds is 5. The largest absolute Gasteiger partial charge is 0.483 e. The van der Waals surface area contributed by atoms with Crippen molar-refractivity contribution in [2.24, 2.45) is 5.92 Å². The first-order valence-electron chi connectivity index (χ1n) is 6.37. The highest BCUT2D eigenvalue weighted by atomic mass is 19.4. The van der Waals surface area contributed by atoms with E-state index in [-0.39, 0.29) is 28.8 Å². The zero-order chi connectivity index (χ0) is 16.9. The number of carbonyl (C=O) groups is 2. The summed E-state index contributed by atoms with van der Waals surface area (Å²) < 4.78 is 45.7. The Morgan fingerprint density at radius 3 is 2.41 bits per heavy atom. The Hall–Kier alpha value is -2.25. The van der Waals surface area contributed by atoms with Gasteiger partial charge in [0.15, 0.2) is 6.61 Å². The number of amides is 1. The van der Waals surface area contributed by atoms with E-state index in [1.807, 2.05) is 0 Å². The molecule has 0 saturated heterocycles. The van der Waals surface area contributed by atoms with Crippen LogP contribution in [-0.4, -0.2) is 31.8 Å². The first kappa shape index (κ1) is 17.8. The number of nitrogens with one attached hydrogen (secondary N) is 1. The van der Waals surface area contributed by atoms with Crippen LogP contribution in [0.5, 0.6) is 5.75 Å². The van der Waals surface area contributed by atoms with Crippen LogP contribution in [0.3, 0.4) is 0 Å². The second kappa shape index (κ2) is 7.15. The number of benzene rings is 1. The third-order valence-electron chi connectivity index (χ3n) is 2.57. The molecule has 1 N–H and O–H groups in total. The van der Waals surface area contributed by atoms with Gasteiger partial charge < -0.3 is 14.8 Å². The number of alkyl halides is 3. The molecule has 0 bridgehead atoms. The van der Waals surface area contributed by atoms with Crippen LogP contribution >= 0.6 is 0 Å². The summed E-state index contributed by atoms with van der Waals surface area (Å²) in [6, 6.07) is 3.73. The van der Waals surface area contributed by atoms with Gasteiger partial charge in [0.05, 0.1) is 7.11 Å². The summed E-state index contributed by atoms with van der Waals surface area (Å²) in [5.74, 6) is -1.72. The first-order valence-corrected chi connectivity index (χ1v) is 6.37. The van der Waals surface area contributed by atoms with E-state index in [0.29, 0.717) is 0 Å². The maximum absolute atomic E-state index is 12.2. The molecule has 1 amide bonds. The van der Waals surface area contributed by atoms with Gasteiger partial charge >= 0.3 is 12.1 Å². The van der Waals surface area contributed by atoms with Crippen LogP contribution in [0.1, 0.15) is 24.2 Å². The van der Waals surface area contributed by atoms with E-state index >= 15 is 0 Å². The van der Waals surface area contributed by atoms with Gasteiger partial charge in [0, 0.05) is 11.6 Å². The van der Waals surface area contributed by atoms with Crippen molar-refractivity contribution in [3.8, 4) is 5.75 Å². The Balaban J connectivity index is 3.03. The fraction of sp³-hybridized carbons (Fsp3) is 0.429. The molecule has 0 fully saturated rings. The lowest BCUT2D eigenvalue weighted by Gasteiger charge is -2.14. The quantitative estimate of drug-likeness (QED) is 0.847. The Bertz CT molecular complexity index is 556. The smallest absolute Gasteiger partial charge is 0.422 e. The molecule has 0 unspecified atom stereocenters. The number of hydrogen-bond acceptors (Lipinski definition) is 4. The van der Waals surface area contributed by atoms with Crippen molar-refractivity contribution < 1.29 is 32.2 Å². The van der Waals surface area contributed by atoms with Crippen molar-refractivity contribution >= 4 is 17.6 Å². The minimum Gasteiger partial charge on any atom is -0.483 e. The predicted octanol–water partition coefficient (Wildman–Crippen LogP) is 3.01. The monoisotopic (exact) mass is 319 g/mol. The van der Waals surface area contributed by atoms with E-state index in [1.165, 1.54) is 18.2 Å². The number of hydrogen-bond donors (Lipinski definition) is 1. The van der Waals surface area contributed by atoms with Gasteiger partial charge in [0.1, 0.15) is 11.3 Å². The average Bonchev–Trinajstić information content (AvgIpc) is 2.43. The number of methoxy groups -OCH3 is 1. The van der Waals surface area contributed by atoms with E-state index in [4.69, 9.17) is 0 Å². The molecule has 0 radical (unpaired) electrons. The van der Waals surface area contributed by atoms with E-state index in [2.05, 4.69) is 14.8 Å². The van der Waals surface area contributed by atoms with Crippen LogP contribution in [0.25, 0.3) is 0 Å². The second-order valence-electron chi connectivity index (χ2n) is 4.75. The SMILES string of the molecule is COC(=O)c1cc(NC(=O)C(C)C)ccc1OCC(F)(F)F. The summed E-state index contributed by atoms with van der Waals surface area (Å²) in [5.41, 5.74) is 0.0618. The second-order valence-corrected chi connectivity index (χ2v) is 4.75. The van der Waals surface area contributed by atoms with Gasteiger partial charge in [-0.05, 0) is 18.2 Å². The minimum absolute atomic E-state index is 0.201. The third kappa shape index (κ3) is 5.27. The Labute approximate surface area is 125 Å². The van der Waals surface area contributed by atoms with E-state index in [9.17, 15) is 22.8 Å². The normalized spacial score (nSPS) is 11.2. The van der Waals surface area contributed by atoms with Gasteiger partial charge in [-0.2, -0.15) is 13.2 Å². The van der Waals surface area contributed by atoms with E-state index in [0.717, 1.165) is 7.11 Å². The van der Waals surface area contributed by atoms with Crippen LogP contribution < -0.4 is 10.1 Å². The van der Waals surface area contributed by atoms with Gasteiger partial charge in [-0.1, -0.05) is 13.8 Å². The highest BCUT2D eigenvalue weighted by Crippen LogP contribution is 2.26. The highest BCUT2D eigenvalue weighted by molar-refractivity contribution is 5.97. The molecule has 0 atom stereocenters. The molecule has 122 valence electrons. The van der Waals surface area contributed by atoms with Crippen LogP contribution in [0.15, 0.2) is 18.2 Å². The molecule has 0 aliphatic heterocycles. The zero-order valence-electron chi connectivity index (χ0n) is 12.3. The maximum atomic E-state index is 12.2. The summed E-state index contributed by atoms with van der Waals surface area (Å²) in [4.78, 5) is 23.2. The molecule has 1 aromatic carbocycles. The van der Waals surface area contributed by atoms with E-state index in [1.54, 1.807) is 13.8 Å². The molecule has 0 heterocycles. The number of carbonyl (C=O) groups excluding carboxylic acids is 2. The van der Waals surface area contributed by atoms with Crippen LogP contribution in [0.4, 0.5) is 18.9 Å². The summed E-state index contributed by atoms with van der Waals surface area (Å²) in [5, 5.41) is 2.54. The van der Waals surface area contributed by atoms with Crippen molar-refractivity contribution in [1.29, 1.82) is 0 Å². The Kier molecular flexibility index (Phi) is 5.78. The van der Waals surface area contributed by atoms with Gasteiger partial charge in [0.25, 0.3) is 0 Å². The van der Waals surface area contributed by atoms with Crippen LogP contribution in [-0.2, 0) is 9.53 Å². The molecule has 1 rings (SSSR count). The lowest BCUT2D eigenvalue weighted by atomic mass is 10.1. The number of halogens is 3. The summed E-state index contributed by atoms with van der Waals surface area (Å²) >= 11 is 0. The van der Waals surface area contributed by atoms with Crippen LogP contribution in [0.2, 0.25) is 0 Å².